The fourth-order valence-electron chi connectivity index (χ4n) is 4.51. The minimum absolute atomic E-state index is 0.0712. The van der Waals surface area contributed by atoms with Crippen LogP contribution in [0.3, 0.4) is 0 Å². The normalized spacial score (nSPS) is 26.3. The SMILES string of the molecule is CC1(C)CC(=O)C2=C(C1)N(N1CCOCC1)C(=O)CC2c1ccccc1Br. The van der Waals surface area contributed by atoms with Crippen LogP contribution in [0.1, 0.15) is 44.6 Å². The second-order valence-electron chi connectivity index (χ2n) is 8.35. The third kappa shape index (κ3) is 3.50. The summed E-state index contributed by atoms with van der Waals surface area (Å²) in [4.78, 5) is 26.5. The number of benzene rings is 1. The summed E-state index contributed by atoms with van der Waals surface area (Å²) < 4.78 is 6.41. The lowest BCUT2D eigenvalue weighted by molar-refractivity contribution is -0.154. The predicted octanol–water partition coefficient (Wildman–Crippen LogP) is 3.66. The first-order valence-electron chi connectivity index (χ1n) is 9.53. The van der Waals surface area contributed by atoms with E-state index >= 15 is 0 Å². The van der Waals surface area contributed by atoms with Gasteiger partial charge in [0.25, 0.3) is 0 Å². The second kappa shape index (κ2) is 7.15. The minimum atomic E-state index is -0.177. The standard InChI is InChI=1S/C21H25BrN2O3/c1-21(2)12-17-20(18(25)13-21)15(14-5-3-4-6-16(14)22)11-19(26)24(17)23-7-9-27-10-8-23/h3-6,15H,7-13H2,1-2H3. The summed E-state index contributed by atoms with van der Waals surface area (Å²) in [6.45, 7) is 6.79. The van der Waals surface area contributed by atoms with Crippen molar-refractivity contribution in [1.29, 1.82) is 0 Å². The van der Waals surface area contributed by atoms with Crippen LogP contribution >= 0.6 is 15.9 Å². The first-order valence-corrected chi connectivity index (χ1v) is 10.3. The van der Waals surface area contributed by atoms with Crippen LogP contribution in [0, 0.1) is 5.41 Å². The first kappa shape index (κ1) is 18.8. The van der Waals surface area contributed by atoms with Crippen LogP contribution in [0.2, 0.25) is 0 Å². The molecule has 1 aliphatic carbocycles. The number of halogens is 1. The number of rotatable bonds is 2. The molecule has 1 atom stereocenters. The molecule has 0 aromatic heterocycles. The molecule has 2 heterocycles. The van der Waals surface area contributed by atoms with E-state index in [4.69, 9.17) is 4.74 Å². The number of Topliss-reactive ketones (excluding diaryl/α,β-unsaturated/α-hetero) is 1. The highest BCUT2D eigenvalue weighted by atomic mass is 79.9. The van der Waals surface area contributed by atoms with Crippen LogP contribution in [0.5, 0.6) is 0 Å². The average Bonchev–Trinajstić information content (AvgIpc) is 2.61. The van der Waals surface area contributed by atoms with Gasteiger partial charge in [-0.1, -0.05) is 48.0 Å². The van der Waals surface area contributed by atoms with E-state index in [2.05, 4.69) is 34.8 Å². The second-order valence-corrected chi connectivity index (χ2v) is 9.21. The monoisotopic (exact) mass is 432 g/mol. The van der Waals surface area contributed by atoms with Crippen LogP contribution in [-0.4, -0.2) is 48.0 Å². The summed E-state index contributed by atoms with van der Waals surface area (Å²) in [6.07, 6.45) is 1.58. The van der Waals surface area contributed by atoms with Gasteiger partial charge in [-0.05, 0) is 23.5 Å². The molecular weight excluding hydrogens is 408 g/mol. The number of ether oxygens (including phenoxy) is 1. The lowest BCUT2D eigenvalue weighted by atomic mass is 9.69. The molecule has 0 N–H and O–H groups in total. The Balaban J connectivity index is 1.84. The number of carbonyl (C=O) groups is 2. The summed E-state index contributed by atoms with van der Waals surface area (Å²) in [7, 11) is 0. The molecule has 27 heavy (non-hydrogen) atoms. The molecule has 1 amide bonds. The molecule has 5 nitrogen and oxygen atoms in total. The van der Waals surface area contributed by atoms with Crippen molar-refractivity contribution < 1.29 is 14.3 Å². The van der Waals surface area contributed by atoms with Crippen molar-refractivity contribution in [1.82, 2.24) is 10.0 Å². The fourth-order valence-corrected chi connectivity index (χ4v) is 5.07. The van der Waals surface area contributed by atoms with Gasteiger partial charge in [-0.25, -0.2) is 10.0 Å². The number of hydrazine groups is 1. The predicted molar refractivity (Wildman–Crippen MR) is 106 cm³/mol. The Hall–Kier alpha value is -1.50. The molecule has 0 spiro atoms. The van der Waals surface area contributed by atoms with Gasteiger partial charge in [0.2, 0.25) is 5.91 Å². The Bertz CT molecular complexity index is 811. The van der Waals surface area contributed by atoms with Gasteiger partial charge in [0.1, 0.15) is 0 Å². The fraction of sp³-hybridized carbons (Fsp3) is 0.524. The molecule has 0 radical (unpaired) electrons. The van der Waals surface area contributed by atoms with Gasteiger partial charge in [0, 0.05) is 47.6 Å². The number of carbonyl (C=O) groups excluding carboxylic acids is 2. The maximum atomic E-state index is 13.2. The molecule has 1 aromatic carbocycles. The first-order chi connectivity index (χ1) is 12.9. The summed E-state index contributed by atoms with van der Waals surface area (Å²) in [6, 6.07) is 7.92. The molecule has 6 heteroatoms. The topological polar surface area (TPSA) is 49.9 Å². The zero-order valence-corrected chi connectivity index (χ0v) is 17.4. The Morgan fingerprint density at radius 2 is 1.81 bits per heavy atom. The molecule has 2 aliphatic heterocycles. The maximum Gasteiger partial charge on any atom is 0.242 e. The van der Waals surface area contributed by atoms with Crippen LogP contribution < -0.4 is 0 Å². The molecule has 0 saturated carbocycles. The highest BCUT2D eigenvalue weighted by molar-refractivity contribution is 9.10. The molecular formula is C21H25BrN2O3. The lowest BCUT2D eigenvalue weighted by Crippen LogP contribution is -2.55. The van der Waals surface area contributed by atoms with Gasteiger partial charge < -0.3 is 4.74 Å². The van der Waals surface area contributed by atoms with E-state index in [-0.39, 0.29) is 23.0 Å². The number of morpholine rings is 1. The number of hydrogen-bond acceptors (Lipinski definition) is 4. The number of amides is 1. The third-order valence-electron chi connectivity index (χ3n) is 5.67. The van der Waals surface area contributed by atoms with E-state index in [1.54, 1.807) is 0 Å². The van der Waals surface area contributed by atoms with Crippen molar-refractivity contribution in [2.45, 2.75) is 39.0 Å². The number of ketones is 1. The smallest absolute Gasteiger partial charge is 0.242 e. The van der Waals surface area contributed by atoms with Gasteiger partial charge in [-0.2, -0.15) is 0 Å². The summed E-state index contributed by atoms with van der Waals surface area (Å²) >= 11 is 3.62. The summed E-state index contributed by atoms with van der Waals surface area (Å²) in [5.41, 5.74) is 2.60. The van der Waals surface area contributed by atoms with Crippen molar-refractivity contribution in [3.63, 3.8) is 0 Å². The number of nitrogens with zero attached hydrogens (tertiary/aromatic N) is 2. The molecule has 0 bridgehead atoms. The Morgan fingerprint density at radius 1 is 1.11 bits per heavy atom. The molecule has 1 unspecified atom stereocenters. The Morgan fingerprint density at radius 3 is 2.52 bits per heavy atom. The largest absolute Gasteiger partial charge is 0.379 e. The van der Waals surface area contributed by atoms with E-state index in [1.165, 1.54) is 0 Å². The van der Waals surface area contributed by atoms with Crippen LogP contribution in [0.25, 0.3) is 0 Å². The highest BCUT2D eigenvalue weighted by Gasteiger charge is 2.46. The molecule has 3 aliphatic rings. The van der Waals surface area contributed by atoms with Gasteiger partial charge in [-0.15, -0.1) is 0 Å². The maximum absolute atomic E-state index is 13.2. The Kier molecular flexibility index (Phi) is 4.99. The highest BCUT2D eigenvalue weighted by Crippen LogP contribution is 2.48. The number of allylic oxidation sites excluding steroid dienone is 2. The van der Waals surface area contributed by atoms with Crippen LogP contribution in [-0.2, 0) is 14.3 Å². The lowest BCUT2D eigenvalue weighted by Gasteiger charge is -2.47. The van der Waals surface area contributed by atoms with Crippen molar-refractivity contribution in [3.8, 4) is 0 Å². The average molecular weight is 433 g/mol. The van der Waals surface area contributed by atoms with E-state index in [1.807, 2.05) is 29.3 Å². The van der Waals surface area contributed by atoms with Gasteiger partial charge in [-0.3, -0.25) is 9.59 Å². The van der Waals surface area contributed by atoms with Crippen molar-refractivity contribution in [2.24, 2.45) is 5.41 Å². The zero-order chi connectivity index (χ0) is 19.2. The van der Waals surface area contributed by atoms with Crippen LogP contribution in [0.15, 0.2) is 40.0 Å². The van der Waals surface area contributed by atoms with Gasteiger partial charge in [0.05, 0.1) is 13.2 Å². The summed E-state index contributed by atoms with van der Waals surface area (Å²) in [5, 5.41) is 3.87. The molecule has 1 fully saturated rings. The van der Waals surface area contributed by atoms with Crippen molar-refractivity contribution in [2.75, 3.05) is 26.3 Å². The van der Waals surface area contributed by atoms with Gasteiger partial charge >= 0.3 is 0 Å². The third-order valence-corrected chi connectivity index (χ3v) is 6.39. The van der Waals surface area contributed by atoms with E-state index in [0.717, 1.165) is 27.7 Å². The van der Waals surface area contributed by atoms with Crippen molar-refractivity contribution >= 4 is 27.6 Å². The van der Waals surface area contributed by atoms with Crippen LogP contribution in [0.4, 0.5) is 0 Å². The van der Waals surface area contributed by atoms with Crippen molar-refractivity contribution in [3.05, 3.63) is 45.6 Å². The molecule has 144 valence electrons. The molecule has 1 aromatic rings. The zero-order valence-electron chi connectivity index (χ0n) is 15.8. The Labute approximate surface area is 168 Å². The number of hydrogen-bond donors (Lipinski definition) is 0. The molecule has 1 saturated heterocycles. The quantitative estimate of drug-likeness (QED) is 0.715. The summed E-state index contributed by atoms with van der Waals surface area (Å²) in [5.74, 6) is 0.0682. The molecule has 4 rings (SSSR count). The van der Waals surface area contributed by atoms with E-state index in [9.17, 15) is 9.59 Å². The van der Waals surface area contributed by atoms with E-state index in [0.29, 0.717) is 39.1 Å². The van der Waals surface area contributed by atoms with Gasteiger partial charge in [0.15, 0.2) is 5.78 Å². The minimum Gasteiger partial charge on any atom is -0.379 e. The van der Waals surface area contributed by atoms with E-state index < -0.39 is 0 Å².